The topological polar surface area (TPSA) is 134 Å². The molecule has 0 radical (unpaired) electrons. The molecular weight excluding hydrogens is 370 g/mol. The fourth-order valence-corrected chi connectivity index (χ4v) is 3.05. The van der Waals surface area contributed by atoms with Gasteiger partial charge in [-0.2, -0.15) is 0 Å². The van der Waals surface area contributed by atoms with E-state index in [-0.39, 0.29) is 18.9 Å². The molecule has 2 heterocycles. The molecule has 1 saturated heterocycles. The maximum atomic E-state index is 12.4. The van der Waals surface area contributed by atoms with Gasteiger partial charge >= 0.3 is 5.97 Å². The first-order chi connectivity index (χ1) is 13.3. The van der Waals surface area contributed by atoms with Crippen LogP contribution in [0.15, 0.2) is 18.2 Å². The number of hydrogen-bond donors (Lipinski definition) is 3. The Kier molecular flexibility index (Phi) is 5.67. The van der Waals surface area contributed by atoms with Crippen LogP contribution in [0, 0.1) is 5.92 Å². The Hall–Kier alpha value is -3.30. The number of rotatable bonds is 6. The van der Waals surface area contributed by atoms with E-state index in [1.165, 1.54) is 11.8 Å². The van der Waals surface area contributed by atoms with E-state index in [1.54, 1.807) is 18.2 Å². The van der Waals surface area contributed by atoms with E-state index in [9.17, 15) is 19.2 Å². The molecule has 3 N–H and O–H groups in total. The van der Waals surface area contributed by atoms with Crippen LogP contribution in [0.3, 0.4) is 0 Å². The molecule has 1 aromatic carbocycles. The predicted octanol–water partition coefficient (Wildman–Crippen LogP) is -0.484. The Morgan fingerprint density at radius 2 is 1.96 bits per heavy atom. The van der Waals surface area contributed by atoms with Gasteiger partial charge in [0.1, 0.15) is 25.8 Å². The highest BCUT2D eigenvalue weighted by atomic mass is 16.6. The van der Waals surface area contributed by atoms with Crippen molar-refractivity contribution in [3.8, 4) is 11.5 Å². The summed E-state index contributed by atoms with van der Waals surface area (Å²) in [6.07, 6.45) is 0.0176. The molecule has 10 heteroatoms. The minimum Gasteiger partial charge on any atom is -0.486 e. The number of carboxylic acids is 1. The number of benzene rings is 1. The van der Waals surface area contributed by atoms with Crippen molar-refractivity contribution in [2.75, 3.05) is 31.2 Å². The van der Waals surface area contributed by atoms with Crippen molar-refractivity contribution in [2.45, 2.75) is 19.4 Å². The Balaban J connectivity index is 1.60. The van der Waals surface area contributed by atoms with Gasteiger partial charge in [-0.25, -0.2) is 0 Å². The van der Waals surface area contributed by atoms with E-state index in [1.807, 2.05) is 0 Å². The second-order valence-electron chi connectivity index (χ2n) is 6.58. The monoisotopic (exact) mass is 391 g/mol. The van der Waals surface area contributed by atoms with E-state index in [0.717, 1.165) is 0 Å². The van der Waals surface area contributed by atoms with Crippen molar-refractivity contribution in [3.05, 3.63) is 18.2 Å². The fourth-order valence-electron chi connectivity index (χ4n) is 3.05. The second-order valence-corrected chi connectivity index (χ2v) is 6.58. The van der Waals surface area contributed by atoms with Crippen LogP contribution in [-0.2, 0) is 19.2 Å². The van der Waals surface area contributed by atoms with Gasteiger partial charge < -0.3 is 30.1 Å². The fraction of sp³-hybridized carbons (Fsp3) is 0.444. The Labute approximate surface area is 160 Å². The zero-order chi connectivity index (χ0) is 20.3. The highest BCUT2D eigenvalue weighted by Crippen LogP contribution is 2.35. The molecule has 150 valence electrons. The average molecular weight is 391 g/mol. The molecular formula is C18H21N3O7. The summed E-state index contributed by atoms with van der Waals surface area (Å²) in [5.41, 5.74) is 0.608. The number of amides is 3. The summed E-state index contributed by atoms with van der Waals surface area (Å²) in [4.78, 5) is 48.6. The SMILES string of the molecule is CC(NC(=O)C1CC(=O)N(c2ccc3c(c2)OCCO3)C1)C(=O)NCC(=O)O. The highest BCUT2D eigenvalue weighted by molar-refractivity contribution is 6.01. The van der Waals surface area contributed by atoms with Gasteiger partial charge in [0.15, 0.2) is 11.5 Å². The van der Waals surface area contributed by atoms with Gasteiger partial charge in [-0.05, 0) is 19.1 Å². The van der Waals surface area contributed by atoms with Crippen LogP contribution in [0.4, 0.5) is 5.69 Å². The Bertz CT molecular complexity index is 810. The van der Waals surface area contributed by atoms with Crippen LogP contribution in [0.2, 0.25) is 0 Å². The number of ether oxygens (including phenoxy) is 2. The highest BCUT2D eigenvalue weighted by Gasteiger charge is 2.36. The van der Waals surface area contributed by atoms with Crippen LogP contribution >= 0.6 is 0 Å². The second kappa shape index (κ2) is 8.15. The molecule has 10 nitrogen and oxygen atoms in total. The standard InChI is InChI=1S/C18H21N3O7/c1-10(17(25)19-8-16(23)24)20-18(26)11-6-15(22)21(9-11)12-2-3-13-14(7-12)28-5-4-27-13/h2-3,7,10-11H,4-6,8-9H2,1H3,(H,19,25)(H,20,26)(H,23,24). The first kappa shape index (κ1) is 19.5. The quantitative estimate of drug-likeness (QED) is 0.596. The molecule has 0 saturated carbocycles. The normalized spacial score (nSPS) is 19.1. The lowest BCUT2D eigenvalue weighted by Crippen LogP contribution is -2.48. The number of hydrogen-bond acceptors (Lipinski definition) is 6. The Morgan fingerprint density at radius 1 is 1.25 bits per heavy atom. The molecule has 2 aliphatic heterocycles. The van der Waals surface area contributed by atoms with Crippen LogP contribution in [0.5, 0.6) is 11.5 Å². The van der Waals surface area contributed by atoms with Crippen molar-refractivity contribution in [3.63, 3.8) is 0 Å². The molecule has 2 unspecified atom stereocenters. The van der Waals surface area contributed by atoms with Gasteiger partial charge in [0.2, 0.25) is 17.7 Å². The van der Waals surface area contributed by atoms with Gasteiger partial charge in [-0.1, -0.05) is 0 Å². The number of carbonyl (C=O) groups excluding carboxylic acids is 3. The van der Waals surface area contributed by atoms with E-state index < -0.39 is 36.3 Å². The van der Waals surface area contributed by atoms with Gasteiger partial charge in [0, 0.05) is 24.7 Å². The summed E-state index contributed by atoms with van der Waals surface area (Å²) < 4.78 is 11.0. The predicted molar refractivity (Wildman–Crippen MR) is 96.1 cm³/mol. The summed E-state index contributed by atoms with van der Waals surface area (Å²) in [7, 11) is 0. The third-order valence-corrected chi connectivity index (χ3v) is 4.50. The molecule has 1 aromatic rings. The summed E-state index contributed by atoms with van der Waals surface area (Å²) >= 11 is 0. The number of anilines is 1. The van der Waals surface area contributed by atoms with E-state index in [0.29, 0.717) is 30.4 Å². The number of nitrogens with zero attached hydrogens (tertiary/aromatic N) is 1. The molecule has 0 bridgehead atoms. The zero-order valence-corrected chi connectivity index (χ0v) is 15.3. The lowest BCUT2D eigenvalue weighted by molar-refractivity contribution is -0.138. The lowest BCUT2D eigenvalue weighted by atomic mass is 10.1. The van der Waals surface area contributed by atoms with Crippen molar-refractivity contribution < 1.29 is 33.8 Å². The van der Waals surface area contributed by atoms with Crippen molar-refractivity contribution in [1.82, 2.24) is 10.6 Å². The molecule has 0 spiro atoms. The lowest BCUT2D eigenvalue weighted by Gasteiger charge is -2.22. The molecule has 0 aromatic heterocycles. The van der Waals surface area contributed by atoms with Crippen molar-refractivity contribution in [1.29, 1.82) is 0 Å². The summed E-state index contributed by atoms with van der Waals surface area (Å²) in [5, 5.41) is 13.3. The summed E-state index contributed by atoms with van der Waals surface area (Å²) in [6, 6.07) is 4.24. The van der Waals surface area contributed by atoms with Gasteiger partial charge in [-0.15, -0.1) is 0 Å². The molecule has 3 amide bonds. The van der Waals surface area contributed by atoms with Gasteiger partial charge in [0.25, 0.3) is 0 Å². The smallest absolute Gasteiger partial charge is 0.322 e. The van der Waals surface area contributed by atoms with Crippen LogP contribution < -0.4 is 25.0 Å². The third-order valence-electron chi connectivity index (χ3n) is 4.50. The number of aliphatic carboxylic acids is 1. The van der Waals surface area contributed by atoms with E-state index >= 15 is 0 Å². The molecule has 2 aliphatic rings. The van der Waals surface area contributed by atoms with Crippen LogP contribution in [-0.4, -0.2) is 61.1 Å². The molecule has 1 fully saturated rings. The molecule has 2 atom stereocenters. The van der Waals surface area contributed by atoms with Crippen LogP contribution in [0.1, 0.15) is 13.3 Å². The van der Waals surface area contributed by atoms with Crippen molar-refractivity contribution in [2.24, 2.45) is 5.92 Å². The minimum absolute atomic E-state index is 0.0176. The van der Waals surface area contributed by atoms with Gasteiger partial charge in [0.05, 0.1) is 5.92 Å². The molecule has 3 rings (SSSR count). The molecule has 28 heavy (non-hydrogen) atoms. The van der Waals surface area contributed by atoms with E-state index in [4.69, 9.17) is 14.6 Å². The number of carboxylic acid groups (broad SMARTS) is 1. The largest absolute Gasteiger partial charge is 0.486 e. The average Bonchev–Trinajstić information content (AvgIpc) is 3.07. The maximum Gasteiger partial charge on any atom is 0.322 e. The number of carbonyl (C=O) groups is 4. The minimum atomic E-state index is -1.18. The first-order valence-corrected chi connectivity index (χ1v) is 8.85. The summed E-state index contributed by atoms with van der Waals surface area (Å²) in [5.74, 6) is -1.89. The molecule has 0 aliphatic carbocycles. The van der Waals surface area contributed by atoms with E-state index in [2.05, 4.69) is 10.6 Å². The zero-order valence-electron chi connectivity index (χ0n) is 15.3. The van der Waals surface area contributed by atoms with Gasteiger partial charge in [-0.3, -0.25) is 19.2 Å². The van der Waals surface area contributed by atoms with Crippen molar-refractivity contribution >= 4 is 29.4 Å². The Morgan fingerprint density at radius 3 is 2.68 bits per heavy atom. The third kappa shape index (κ3) is 4.33. The van der Waals surface area contributed by atoms with Crippen LogP contribution in [0.25, 0.3) is 0 Å². The number of nitrogens with one attached hydrogen (secondary N) is 2. The maximum absolute atomic E-state index is 12.4. The summed E-state index contributed by atoms with van der Waals surface area (Å²) in [6.45, 7) is 1.99. The number of fused-ring (bicyclic) bond motifs is 1. The first-order valence-electron chi connectivity index (χ1n) is 8.85.